The molecule has 0 saturated carbocycles. The molecule has 0 amide bonds. The van der Waals surface area contributed by atoms with Gasteiger partial charge >= 0.3 is 71.2 Å². The monoisotopic (exact) mass is 177 g/mol. The Morgan fingerprint density at radius 3 is 2.40 bits per heavy atom. The predicted octanol–water partition coefficient (Wildman–Crippen LogP) is 0.402. The van der Waals surface area contributed by atoms with Gasteiger partial charge < -0.3 is 0 Å². The zero-order valence-electron chi connectivity index (χ0n) is 6.01. The summed E-state index contributed by atoms with van der Waals surface area (Å²) in [5.41, 5.74) is 0. The fraction of sp³-hybridized carbons (Fsp3) is 0.667. The van der Waals surface area contributed by atoms with Crippen molar-refractivity contribution in [1.29, 1.82) is 0 Å². The fourth-order valence-electron chi connectivity index (χ4n) is 0.442. The molecule has 0 N–H and O–H groups in total. The molecule has 0 aromatic rings. The standard InChI is InChI=1S/C6H9O3.Ti/c1-3-9-6(8)4-5(2)7;/h3H,4H2,1-2H3;. The molecule has 0 bridgehead atoms. The average molecular weight is 177 g/mol. The minimum atomic E-state index is -0.442. The third-order valence-electron chi connectivity index (χ3n) is 0.702. The summed E-state index contributed by atoms with van der Waals surface area (Å²) in [6.07, 6.45) is -0.113. The average Bonchev–Trinajstić information content (AvgIpc) is 1.58. The van der Waals surface area contributed by atoms with Crippen molar-refractivity contribution in [2.45, 2.75) is 24.7 Å². The van der Waals surface area contributed by atoms with Gasteiger partial charge in [0.2, 0.25) is 0 Å². The molecule has 0 spiro atoms. The van der Waals surface area contributed by atoms with Crippen molar-refractivity contribution >= 4 is 11.8 Å². The molecular weight excluding hydrogens is 168 g/mol. The molecule has 0 saturated heterocycles. The quantitative estimate of drug-likeness (QED) is 0.356. The fourth-order valence-corrected chi connectivity index (χ4v) is 0.647. The zero-order chi connectivity index (χ0) is 8.15. The van der Waals surface area contributed by atoms with Gasteiger partial charge in [-0.2, -0.15) is 0 Å². The molecule has 0 aromatic carbocycles. The Hall–Kier alpha value is -0.146. The number of rotatable bonds is 3. The summed E-state index contributed by atoms with van der Waals surface area (Å²) in [6, 6.07) is 0. The maximum absolute atomic E-state index is 10.6. The van der Waals surface area contributed by atoms with E-state index in [1.807, 2.05) is 0 Å². The van der Waals surface area contributed by atoms with Crippen LogP contribution in [0.15, 0.2) is 0 Å². The Labute approximate surface area is 71.5 Å². The van der Waals surface area contributed by atoms with Crippen LogP contribution in [0.1, 0.15) is 20.3 Å². The SMILES string of the molecule is CC(=O)CC(=O)O[CH](C)[Ti]. The third-order valence-corrected chi connectivity index (χ3v) is 0.886. The van der Waals surface area contributed by atoms with Gasteiger partial charge in [0.15, 0.2) is 0 Å². The molecule has 0 rings (SSSR count). The second kappa shape index (κ2) is 4.64. The molecule has 0 aromatic heterocycles. The predicted molar refractivity (Wildman–Crippen MR) is 30.9 cm³/mol. The van der Waals surface area contributed by atoms with Gasteiger partial charge in [0.1, 0.15) is 0 Å². The van der Waals surface area contributed by atoms with Gasteiger partial charge in [-0.1, -0.05) is 0 Å². The summed E-state index contributed by atoms with van der Waals surface area (Å²) < 4.78 is 4.57. The van der Waals surface area contributed by atoms with Crippen molar-refractivity contribution in [3.8, 4) is 0 Å². The molecule has 1 atom stereocenters. The first-order valence-electron chi connectivity index (χ1n) is 2.92. The molecule has 3 nitrogen and oxygen atoms in total. The van der Waals surface area contributed by atoms with E-state index in [1.165, 1.54) is 6.92 Å². The van der Waals surface area contributed by atoms with Gasteiger partial charge in [-0.3, -0.25) is 0 Å². The van der Waals surface area contributed by atoms with Gasteiger partial charge in [-0.15, -0.1) is 0 Å². The number of carbonyl (C=O) groups excluding carboxylic acids is 2. The molecule has 0 radical (unpaired) electrons. The molecule has 55 valence electrons. The van der Waals surface area contributed by atoms with Crippen LogP contribution in [0.5, 0.6) is 0 Å². The van der Waals surface area contributed by atoms with E-state index in [0.29, 0.717) is 0 Å². The minimum absolute atomic E-state index is 0.113. The molecule has 0 fully saturated rings. The van der Waals surface area contributed by atoms with Crippen LogP contribution in [-0.2, 0) is 34.8 Å². The number of hydrogen-bond donors (Lipinski definition) is 0. The van der Waals surface area contributed by atoms with Crippen LogP contribution in [-0.4, -0.2) is 16.2 Å². The summed E-state index contributed by atoms with van der Waals surface area (Å²) in [5.74, 6) is -0.604. The zero-order valence-corrected chi connectivity index (χ0v) is 7.57. The van der Waals surface area contributed by atoms with Gasteiger partial charge in [0.05, 0.1) is 0 Å². The van der Waals surface area contributed by atoms with E-state index in [9.17, 15) is 9.59 Å². The van der Waals surface area contributed by atoms with Crippen molar-refractivity contribution in [2.24, 2.45) is 0 Å². The van der Waals surface area contributed by atoms with Crippen molar-refractivity contribution in [2.75, 3.05) is 0 Å². The third kappa shape index (κ3) is 5.98. The van der Waals surface area contributed by atoms with Gasteiger partial charge in [-0.25, -0.2) is 0 Å². The summed E-state index contributed by atoms with van der Waals surface area (Å²) in [7, 11) is 0. The van der Waals surface area contributed by atoms with Gasteiger partial charge in [-0.05, 0) is 0 Å². The van der Waals surface area contributed by atoms with Gasteiger partial charge in [0, 0.05) is 0 Å². The van der Waals surface area contributed by atoms with E-state index in [2.05, 4.69) is 0 Å². The maximum atomic E-state index is 10.6. The summed E-state index contributed by atoms with van der Waals surface area (Å²) >= 11 is 1.75. The van der Waals surface area contributed by atoms with Crippen LogP contribution < -0.4 is 0 Å². The Bertz CT molecular complexity index is 142. The molecular formula is C6H9O3Ti. The van der Waals surface area contributed by atoms with Crippen LogP contribution in [0.25, 0.3) is 0 Å². The van der Waals surface area contributed by atoms with E-state index < -0.39 is 5.97 Å². The molecule has 4 heteroatoms. The summed E-state index contributed by atoms with van der Waals surface area (Å²) in [4.78, 5) is 21.0. The first-order chi connectivity index (χ1) is 4.52. The topological polar surface area (TPSA) is 43.4 Å². The van der Waals surface area contributed by atoms with E-state index >= 15 is 0 Å². The Kier molecular flexibility index (Phi) is 4.57. The number of ether oxygens (including phenoxy) is 1. The molecule has 0 aliphatic rings. The number of carbonyl (C=O) groups is 2. The molecule has 10 heavy (non-hydrogen) atoms. The van der Waals surface area contributed by atoms with Crippen LogP contribution >= 0.6 is 0 Å². The van der Waals surface area contributed by atoms with Crippen LogP contribution in [0.4, 0.5) is 0 Å². The van der Waals surface area contributed by atoms with Crippen LogP contribution in [0, 0.1) is 0 Å². The molecule has 0 heterocycles. The Balaban J connectivity index is 3.54. The van der Waals surface area contributed by atoms with Crippen LogP contribution in [0.3, 0.4) is 0 Å². The molecule has 0 aliphatic carbocycles. The number of esters is 1. The Morgan fingerprint density at radius 1 is 1.60 bits per heavy atom. The number of ketones is 1. The summed E-state index contributed by atoms with van der Waals surface area (Å²) in [6.45, 7) is 3.11. The van der Waals surface area contributed by atoms with Gasteiger partial charge in [0.25, 0.3) is 0 Å². The second-order valence-electron chi connectivity index (χ2n) is 2.01. The van der Waals surface area contributed by atoms with E-state index in [0.717, 1.165) is 0 Å². The van der Waals surface area contributed by atoms with Crippen LogP contribution in [0.2, 0.25) is 0 Å². The van der Waals surface area contributed by atoms with E-state index in [-0.39, 0.29) is 16.6 Å². The first-order valence-corrected chi connectivity index (χ1v) is 3.82. The van der Waals surface area contributed by atoms with E-state index in [4.69, 9.17) is 4.74 Å². The van der Waals surface area contributed by atoms with Crippen molar-refractivity contribution in [1.82, 2.24) is 0 Å². The summed E-state index contributed by atoms with van der Waals surface area (Å²) in [5, 5.41) is 0. The number of Topliss-reactive ketones (excluding diaryl/α,β-unsaturated/α-hetero) is 1. The van der Waals surface area contributed by atoms with E-state index in [1.54, 1.807) is 27.4 Å². The first kappa shape index (κ1) is 9.85. The Morgan fingerprint density at radius 2 is 2.10 bits per heavy atom. The molecule has 1 unspecified atom stereocenters. The van der Waals surface area contributed by atoms with Crippen molar-refractivity contribution in [3.05, 3.63) is 0 Å². The molecule has 0 aliphatic heterocycles. The number of hydrogen-bond acceptors (Lipinski definition) is 3. The second-order valence-corrected chi connectivity index (χ2v) is 3.28. The normalized spacial score (nSPS) is 12.1. The van der Waals surface area contributed by atoms with Crippen molar-refractivity contribution in [3.63, 3.8) is 0 Å². The van der Waals surface area contributed by atoms with Crippen molar-refractivity contribution < 1.29 is 34.8 Å².